The summed E-state index contributed by atoms with van der Waals surface area (Å²) in [6.45, 7) is 1.66. The number of nitrogens with one attached hydrogen (secondary N) is 3. The summed E-state index contributed by atoms with van der Waals surface area (Å²) in [6.07, 6.45) is -2.72. The van der Waals surface area contributed by atoms with E-state index in [4.69, 9.17) is 4.42 Å². The highest BCUT2D eigenvalue weighted by Gasteiger charge is 2.31. The number of rotatable bonds is 4. The van der Waals surface area contributed by atoms with Crippen LogP contribution in [-0.2, 0) is 12.6 Å². The molecular weight excluding hydrogens is 468 g/mol. The largest absolute Gasteiger partial charge is 0.455 e. The fraction of sp³-hybridized carbons (Fsp3) is 0.208. The summed E-state index contributed by atoms with van der Waals surface area (Å²) in [5, 5.41) is 4.28. The quantitative estimate of drug-likeness (QED) is 0.357. The average molecular weight is 488 g/mol. The Labute approximate surface area is 197 Å². The molecule has 2 amide bonds. The van der Waals surface area contributed by atoms with Gasteiger partial charge in [0.1, 0.15) is 11.6 Å². The van der Waals surface area contributed by atoms with Crippen LogP contribution in [0, 0.1) is 12.7 Å². The molecule has 35 heavy (non-hydrogen) atoms. The number of fused-ring (bicyclic) bond motifs is 1. The second-order valence-electron chi connectivity index (χ2n) is 7.87. The number of carbonyl (C=O) groups excluding carboxylic acids is 2. The van der Waals surface area contributed by atoms with Gasteiger partial charge in [-0.1, -0.05) is 6.07 Å². The Morgan fingerprint density at radius 3 is 2.43 bits per heavy atom. The van der Waals surface area contributed by atoms with E-state index in [9.17, 15) is 27.2 Å². The van der Waals surface area contributed by atoms with Crippen LogP contribution in [0.15, 0.2) is 58.0 Å². The smallest absolute Gasteiger partial charge is 0.416 e. The van der Waals surface area contributed by atoms with Crippen LogP contribution in [0.3, 0.4) is 0 Å². The number of amides is 2. The highest BCUT2D eigenvalue weighted by Crippen LogP contribution is 2.32. The molecule has 1 heterocycles. The molecule has 7 nitrogen and oxygen atoms in total. The van der Waals surface area contributed by atoms with Crippen molar-refractivity contribution in [1.82, 2.24) is 10.9 Å². The molecule has 0 radical (unpaired) electrons. The monoisotopic (exact) mass is 488 g/mol. The first kappa shape index (κ1) is 24.0. The molecule has 2 aromatic carbocycles. The Balaban J connectivity index is 1.49. The lowest BCUT2D eigenvalue weighted by Crippen LogP contribution is -2.41. The number of hydrazine groups is 1. The van der Waals surface area contributed by atoms with E-state index in [1.165, 1.54) is 24.3 Å². The molecular formula is C24H20F4N4O3. The minimum atomic E-state index is -4.47. The minimum absolute atomic E-state index is 0.0249. The van der Waals surface area contributed by atoms with Gasteiger partial charge in [0, 0.05) is 23.1 Å². The summed E-state index contributed by atoms with van der Waals surface area (Å²) < 4.78 is 57.6. The Hall–Kier alpha value is -4.15. The maximum Gasteiger partial charge on any atom is 0.416 e. The molecule has 1 aliphatic rings. The summed E-state index contributed by atoms with van der Waals surface area (Å²) >= 11 is 0. The molecule has 0 fully saturated rings. The molecule has 0 aliphatic heterocycles. The third-order valence-corrected chi connectivity index (χ3v) is 5.44. The molecule has 0 saturated carbocycles. The third kappa shape index (κ3) is 5.34. The molecule has 11 heteroatoms. The SMILES string of the molecule is Cc1c(C(=O)NNC(=O)c2ccc(F)cc2)oc2c1/C(=N/Nc1cccc(C(F)(F)F)c1)CCC2. The van der Waals surface area contributed by atoms with Gasteiger partial charge in [-0.2, -0.15) is 18.3 Å². The first-order valence-corrected chi connectivity index (χ1v) is 10.6. The first-order chi connectivity index (χ1) is 16.6. The molecule has 0 bridgehead atoms. The van der Waals surface area contributed by atoms with Gasteiger partial charge in [-0.25, -0.2) is 4.39 Å². The van der Waals surface area contributed by atoms with Gasteiger partial charge in [0.05, 0.1) is 17.0 Å². The Morgan fingerprint density at radius 1 is 1.00 bits per heavy atom. The van der Waals surface area contributed by atoms with Crippen LogP contribution in [0.4, 0.5) is 23.2 Å². The minimum Gasteiger partial charge on any atom is -0.455 e. The molecule has 182 valence electrons. The third-order valence-electron chi connectivity index (χ3n) is 5.44. The maximum atomic E-state index is 13.0. The lowest BCUT2D eigenvalue weighted by molar-refractivity contribution is -0.137. The van der Waals surface area contributed by atoms with Crippen LogP contribution < -0.4 is 16.3 Å². The molecule has 0 saturated heterocycles. The molecule has 0 atom stereocenters. The number of nitrogens with zero attached hydrogens (tertiary/aromatic N) is 1. The lowest BCUT2D eigenvalue weighted by Gasteiger charge is -2.14. The number of anilines is 1. The fourth-order valence-corrected chi connectivity index (χ4v) is 3.74. The Bertz CT molecular complexity index is 1300. The van der Waals surface area contributed by atoms with Crippen molar-refractivity contribution in [3.8, 4) is 0 Å². The van der Waals surface area contributed by atoms with Gasteiger partial charge in [-0.3, -0.25) is 25.9 Å². The van der Waals surface area contributed by atoms with E-state index >= 15 is 0 Å². The van der Waals surface area contributed by atoms with Crippen molar-refractivity contribution < 1.29 is 31.6 Å². The zero-order chi connectivity index (χ0) is 25.2. The standard InChI is InChI=1S/C24H20F4N4O3/c1-13-20-18(30-29-17-5-2-4-15(12-17)24(26,27)28)6-3-7-19(20)35-21(13)23(34)32-31-22(33)14-8-10-16(25)11-9-14/h2,4-5,8-12,29H,3,6-7H2,1H3,(H,31,33)(H,32,34)/b30-18+. The van der Waals surface area contributed by atoms with Gasteiger partial charge >= 0.3 is 12.1 Å². The number of benzene rings is 2. The second-order valence-corrected chi connectivity index (χ2v) is 7.87. The van der Waals surface area contributed by atoms with E-state index in [0.717, 1.165) is 24.3 Å². The number of alkyl halides is 3. The van der Waals surface area contributed by atoms with Crippen molar-refractivity contribution in [3.05, 3.63) is 88.1 Å². The van der Waals surface area contributed by atoms with Gasteiger partial charge in [-0.15, -0.1) is 0 Å². The number of hydrogen-bond donors (Lipinski definition) is 3. The van der Waals surface area contributed by atoms with Crippen LogP contribution in [0.25, 0.3) is 0 Å². The molecule has 1 aromatic heterocycles. The van der Waals surface area contributed by atoms with E-state index in [2.05, 4.69) is 21.4 Å². The van der Waals surface area contributed by atoms with Crippen LogP contribution in [0.5, 0.6) is 0 Å². The van der Waals surface area contributed by atoms with E-state index < -0.39 is 29.4 Å². The van der Waals surface area contributed by atoms with Crippen LogP contribution in [0.1, 0.15) is 56.2 Å². The van der Waals surface area contributed by atoms with Crippen molar-refractivity contribution in [3.63, 3.8) is 0 Å². The number of hydrazone groups is 1. The van der Waals surface area contributed by atoms with Gasteiger partial charge in [0.25, 0.3) is 5.91 Å². The summed E-state index contributed by atoms with van der Waals surface area (Å²) in [6, 6.07) is 9.46. The zero-order valence-corrected chi connectivity index (χ0v) is 18.4. The van der Waals surface area contributed by atoms with Gasteiger partial charge < -0.3 is 4.42 Å². The predicted octanol–water partition coefficient (Wildman–Crippen LogP) is 4.97. The highest BCUT2D eigenvalue weighted by molar-refractivity contribution is 6.07. The van der Waals surface area contributed by atoms with Crippen molar-refractivity contribution in [2.45, 2.75) is 32.4 Å². The van der Waals surface area contributed by atoms with E-state index in [1.54, 1.807) is 6.92 Å². The van der Waals surface area contributed by atoms with E-state index in [-0.39, 0.29) is 17.0 Å². The number of aryl methyl sites for hydroxylation is 1. The number of carbonyl (C=O) groups is 2. The van der Waals surface area contributed by atoms with Gasteiger partial charge in [-0.05, 0) is 62.2 Å². The summed E-state index contributed by atoms with van der Waals surface area (Å²) in [5.41, 5.74) is 8.32. The summed E-state index contributed by atoms with van der Waals surface area (Å²) in [7, 11) is 0. The van der Waals surface area contributed by atoms with Gasteiger partial charge in [0.15, 0.2) is 5.76 Å². The van der Waals surface area contributed by atoms with Gasteiger partial charge in [0.2, 0.25) is 0 Å². The average Bonchev–Trinajstić information content (AvgIpc) is 3.18. The molecule has 1 aliphatic carbocycles. The molecule has 3 N–H and O–H groups in total. The second kappa shape index (κ2) is 9.61. The Kier molecular flexibility index (Phi) is 6.59. The fourth-order valence-electron chi connectivity index (χ4n) is 3.74. The lowest BCUT2D eigenvalue weighted by atomic mass is 9.93. The number of hydrogen-bond acceptors (Lipinski definition) is 5. The van der Waals surface area contributed by atoms with Crippen LogP contribution in [0.2, 0.25) is 0 Å². The van der Waals surface area contributed by atoms with Crippen LogP contribution >= 0.6 is 0 Å². The molecule has 0 spiro atoms. The highest BCUT2D eigenvalue weighted by atomic mass is 19.4. The molecule has 3 aromatic rings. The van der Waals surface area contributed by atoms with Crippen LogP contribution in [-0.4, -0.2) is 17.5 Å². The van der Waals surface area contributed by atoms with Crippen molar-refractivity contribution in [1.29, 1.82) is 0 Å². The number of halogens is 4. The first-order valence-electron chi connectivity index (χ1n) is 10.6. The van der Waals surface area contributed by atoms with E-state index in [0.29, 0.717) is 41.9 Å². The number of furan rings is 1. The topological polar surface area (TPSA) is 95.7 Å². The maximum absolute atomic E-state index is 13.0. The Morgan fingerprint density at radius 2 is 1.71 bits per heavy atom. The zero-order valence-electron chi connectivity index (χ0n) is 18.4. The van der Waals surface area contributed by atoms with E-state index in [1.807, 2.05) is 0 Å². The summed E-state index contributed by atoms with van der Waals surface area (Å²) in [4.78, 5) is 24.8. The predicted molar refractivity (Wildman–Crippen MR) is 119 cm³/mol. The summed E-state index contributed by atoms with van der Waals surface area (Å²) in [5.74, 6) is -1.34. The molecule has 0 unspecified atom stereocenters. The normalized spacial score (nSPS) is 14.4. The van der Waals surface area contributed by atoms with Crippen molar-refractivity contribution >= 4 is 23.2 Å². The van der Waals surface area contributed by atoms with Crippen molar-refractivity contribution in [2.75, 3.05) is 5.43 Å². The molecule has 4 rings (SSSR count). The van der Waals surface area contributed by atoms with Crippen molar-refractivity contribution in [2.24, 2.45) is 5.10 Å².